The molecule has 34 heavy (non-hydrogen) atoms. The summed E-state index contributed by atoms with van der Waals surface area (Å²) in [5.74, 6) is 0.860. The third-order valence-corrected chi connectivity index (χ3v) is 7.39. The molecule has 0 bridgehead atoms. The molecular weight excluding hydrogens is 426 g/mol. The van der Waals surface area contributed by atoms with E-state index in [1.165, 1.54) is 0 Å². The Labute approximate surface area is 195 Å². The number of benzene rings is 2. The molecule has 1 fully saturated rings. The molecule has 2 aliphatic carbocycles. The largest absolute Gasteiger partial charge is 0.345 e. The Morgan fingerprint density at radius 2 is 1.88 bits per heavy atom. The number of pyridine rings is 1. The summed E-state index contributed by atoms with van der Waals surface area (Å²) in [6.07, 6.45) is 6.03. The molecule has 0 radical (unpaired) electrons. The number of imidazole rings is 1. The maximum absolute atomic E-state index is 13.4. The number of aromatic nitrogens is 3. The third kappa shape index (κ3) is 2.95. The average Bonchev–Trinajstić information content (AvgIpc) is 3.59. The second-order valence-corrected chi connectivity index (χ2v) is 9.31. The molecule has 4 unspecified atom stereocenters. The van der Waals surface area contributed by atoms with Crippen LogP contribution in [0.15, 0.2) is 71.3 Å². The fraction of sp³-hybridized carbons (Fsp3) is 0.269. The maximum atomic E-state index is 13.4. The second-order valence-electron chi connectivity index (χ2n) is 9.31. The first kappa shape index (κ1) is 19.4. The molecule has 3 aliphatic rings. The van der Waals surface area contributed by atoms with Crippen LogP contribution < -0.4 is 10.7 Å². The first-order valence-electron chi connectivity index (χ1n) is 11.7. The molecule has 1 aliphatic heterocycles. The van der Waals surface area contributed by atoms with Gasteiger partial charge in [-0.05, 0) is 47.6 Å². The molecule has 0 saturated heterocycles. The highest BCUT2D eigenvalue weighted by Crippen LogP contribution is 2.48. The van der Waals surface area contributed by atoms with Crippen LogP contribution in [0.3, 0.4) is 0 Å². The standard InChI is InChI=1S/C26H23N7O/c34-26(14-8-9-20-21(12-14)32-33-31-20)30-24-16-5-2-1-4-15(16)23-17(24)6-3-7-18(23)25-28-19-10-11-27-13-22(19)29-25/h1-7,10-11,13-14,20-21,24H,8-9,12H2,(H,28,29)(H,30,34)(H,31,32). The lowest BCUT2D eigenvalue weighted by Gasteiger charge is -2.29. The van der Waals surface area contributed by atoms with Gasteiger partial charge in [-0.1, -0.05) is 47.7 Å². The second kappa shape index (κ2) is 7.48. The third-order valence-electron chi connectivity index (χ3n) is 7.39. The van der Waals surface area contributed by atoms with Crippen LogP contribution in [0.5, 0.6) is 0 Å². The molecule has 2 aromatic heterocycles. The number of H-pyrrole nitrogens is 1. The molecular formula is C26H23N7O. The van der Waals surface area contributed by atoms with Gasteiger partial charge in [-0.15, -0.1) is 0 Å². The van der Waals surface area contributed by atoms with E-state index in [-0.39, 0.29) is 30.0 Å². The summed E-state index contributed by atoms with van der Waals surface area (Å²) in [5, 5.41) is 11.6. The van der Waals surface area contributed by atoms with Crippen molar-refractivity contribution in [3.63, 3.8) is 0 Å². The van der Waals surface area contributed by atoms with Crippen LogP contribution in [0.25, 0.3) is 33.5 Å². The van der Waals surface area contributed by atoms with Crippen molar-refractivity contribution in [1.29, 1.82) is 0 Å². The van der Waals surface area contributed by atoms with Gasteiger partial charge in [0.2, 0.25) is 5.91 Å². The number of carbonyl (C=O) groups is 1. The molecule has 2 aromatic carbocycles. The molecule has 0 spiro atoms. The monoisotopic (exact) mass is 449 g/mol. The molecule has 1 saturated carbocycles. The molecule has 168 valence electrons. The highest BCUT2D eigenvalue weighted by atomic mass is 16.2. The molecule has 8 heteroatoms. The van der Waals surface area contributed by atoms with E-state index >= 15 is 0 Å². The zero-order valence-corrected chi connectivity index (χ0v) is 18.4. The summed E-state index contributed by atoms with van der Waals surface area (Å²) < 4.78 is 0. The van der Waals surface area contributed by atoms with Crippen LogP contribution in [0.1, 0.15) is 36.4 Å². The van der Waals surface area contributed by atoms with E-state index in [1.807, 2.05) is 24.3 Å². The lowest BCUT2D eigenvalue weighted by Crippen LogP contribution is -2.43. The summed E-state index contributed by atoms with van der Waals surface area (Å²) in [6, 6.07) is 16.7. The molecule has 3 heterocycles. The first-order valence-corrected chi connectivity index (χ1v) is 11.7. The predicted octanol–water partition coefficient (Wildman–Crippen LogP) is 4.32. The van der Waals surface area contributed by atoms with Crippen LogP contribution in [0.4, 0.5) is 0 Å². The number of hydrogen-bond acceptors (Lipinski definition) is 6. The van der Waals surface area contributed by atoms with Gasteiger partial charge in [0, 0.05) is 17.7 Å². The minimum Gasteiger partial charge on any atom is -0.345 e. The van der Waals surface area contributed by atoms with Crippen LogP contribution in [0.2, 0.25) is 0 Å². The van der Waals surface area contributed by atoms with Crippen molar-refractivity contribution >= 4 is 16.9 Å². The Bertz CT molecular complexity index is 1430. The van der Waals surface area contributed by atoms with Crippen molar-refractivity contribution in [2.75, 3.05) is 0 Å². The quantitative estimate of drug-likeness (QED) is 0.433. The Morgan fingerprint density at radius 1 is 1.00 bits per heavy atom. The number of amides is 1. The average molecular weight is 450 g/mol. The van der Waals surface area contributed by atoms with Crippen molar-refractivity contribution in [1.82, 2.24) is 25.7 Å². The smallest absolute Gasteiger partial charge is 0.223 e. The van der Waals surface area contributed by atoms with Gasteiger partial charge >= 0.3 is 0 Å². The van der Waals surface area contributed by atoms with Gasteiger partial charge in [0.15, 0.2) is 0 Å². The number of carbonyl (C=O) groups excluding carboxylic acids is 1. The van der Waals surface area contributed by atoms with Crippen LogP contribution in [0, 0.1) is 5.92 Å². The summed E-state index contributed by atoms with van der Waals surface area (Å²) in [7, 11) is 0. The zero-order chi connectivity index (χ0) is 22.6. The fourth-order valence-corrected chi connectivity index (χ4v) is 5.70. The molecule has 4 aromatic rings. The van der Waals surface area contributed by atoms with E-state index in [1.54, 1.807) is 12.4 Å². The van der Waals surface area contributed by atoms with Crippen LogP contribution in [-0.2, 0) is 4.79 Å². The Hall–Kier alpha value is -4.07. The SMILES string of the molecule is O=C(NC1c2ccccc2-c2c(-c3nc4ccncc4[nH]3)cccc21)C1CCC2N=NNC2C1. The lowest BCUT2D eigenvalue weighted by molar-refractivity contribution is -0.126. The first-order chi connectivity index (χ1) is 16.8. The Morgan fingerprint density at radius 3 is 2.82 bits per heavy atom. The number of nitrogens with one attached hydrogen (secondary N) is 3. The van der Waals surface area contributed by atoms with Crippen molar-refractivity contribution in [2.45, 2.75) is 37.4 Å². The summed E-state index contributed by atoms with van der Waals surface area (Å²) in [4.78, 5) is 25.8. The number of nitrogens with zero attached hydrogens (tertiary/aromatic N) is 4. The van der Waals surface area contributed by atoms with Gasteiger partial charge in [-0.25, -0.2) is 4.98 Å². The van der Waals surface area contributed by atoms with Gasteiger partial charge in [0.25, 0.3) is 0 Å². The maximum Gasteiger partial charge on any atom is 0.223 e. The number of fused-ring (bicyclic) bond motifs is 5. The van der Waals surface area contributed by atoms with E-state index in [9.17, 15) is 4.79 Å². The van der Waals surface area contributed by atoms with E-state index in [0.29, 0.717) is 0 Å². The van der Waals surface area contributed by atoms with Gasteiger partial charge in [0.05, 0.1) is 35.4 Å². The van der Waals surface area contributed by atoms with Crippen molar-refractivity contribution < 1.29 is 4.79 Å². The normalized spacial score (nSPS) is 24.4. The van der Waals surface area contributed by atoms with Crippen molar-refractivity contribution in [3.8, 4) is 22.5 Å². The van der Waals surface area contributed by atoms with Gasteiger partial charge in [0.1, 0.15) is 5.82 Å². The molecule has 4 atom stereocenters. The Balaban J connectivity index is 1.26. The van der Waals surface area contributed by atoms with Gasteiger partial charge in [-0.3, -0.25) is 15.2 Å². The molecule has 7 rings (SSSR count). The highest BCUT2D eigenvalue weighted by Gasteiger charge is 2.38. The Kier molecular flexibility index (Phi) is 4.27. The predicted molar refractivity (Wildman–Crippen MR) is 128 cm³/mol. The highest BCUT2D eigenvalue weighted by molar-refractivity contribution is 5.93. The fourth-order valence-electron chi connectivity index (χ4n) is 5.70. The van der Waals surface area contributed by atoms with E-state index in [2.05, 4.69) is 55.3 Å². The molecule has 1 amide bonds. The zero-order valence-electron chi connectivity index (χ0n) is 18.4. The van der Waals surface area contributed by atoms with Crippen LogP contribution in [-0.4, -0.2) is 32.9 Å². The lowest BCUT2D eigenvalue weighted by atomic mass is 9.82. The topological polar surface area (TPSA) is 107 Å². The minimum atomic E-state index is -0.187. The van der Waals surface area contributed by atoms with Gasteiger partial charge < -0.3 is 10.3 Å². The number of aromatic amines is 1. The number of hydrogen-bond donors (Lipinski definition) is 3. The summed E-state index contributed by atoms with van der Waals surface area (Å²) >= 11 is 0. The molecule has 3 N–H and O–H groups in total. The summed E-state index contributed by atoms with van der Waals surface area (Å²) in [6.45, 7) is 0. The minimum absolute atomic E-state index is 0.0421. The van der Waals surface area contributed by atoms with Crippen molar-refractivity contribution in [3.05, 3.63) is 72.1 Å². The van der Waals surface area contributed by atoms with E-state index in [0.717, 1.165) is 63.9 Å². The van der Waals surface area contributed by atoms with Crippen LogP contribution >= 0.6 is 0 Å². The van der Waals surface area contributed by atoms with E-state index in [4.69, 9.17) is 4.98 Å². The van der Waals surface area contributed by atoms with Gasteiger partial charge in [-0.2, -0.15) is 5.11 Å². The van der Waals surface area contributed by atoms with E-state index < -0.39 is 0 Å². The number of rotatable bonds is 3. The van der Waals surface area contributed by atoms with Crippen molar-refractivity contribution in [2.24, 2.45) is 16.3 Å². The molecule has 8 nitrogen and oxygen atoms in total. The summed E-state index contributed by atoms with van der Waals surface area (Å²) in [5.41, 5.74) is 10.4.